The molecule has 1 heterocycles. The Bertz CT molecular complexity index is 994. The van der Waals surface area contributed by atoms with Crippen LogP contribution in [0.5, 0.6) is 5.75 Å². The second-order valence-electron chi connectivity index (χ2n) is 6.66. The van der Waals surface area contributed by atoms with Crippen LogP contribution in [-0.4, -0.2) is 45.3 Å². The van der Waals surface area contributed by atoms with E-state index in [9.17, 15) is 18.0 Å². The molecule has 0 aromatic heterocycles. The molecule has 1 aliphatic heterocycles. The Balaban J connectivity index is 1.78. The third-order valence-corrected chi connectivity index (χ3v) is 5.98. The van der Waals surface area contributed by atoms with Gasteiger partial charge in [0.2, 0.25) is 0 Å². The van der Waals surface area contributed by atoms with Crippen LogP contribution in [0.15, 0.2) is 47.4 Å². The summed E-state index contributed by atoms with van der Waals surface area (Å²) in [4.78, 5) is 26.5. The van der Waals surface area contributed by atoms with Gasteiger partial charge >= 0.3 is 0 Å². The minimum Gasteiger partial charge on any atom is -0.496 e. The number of nitrogens with zero attached hydrogens (tertiary/aromatic N) is 1. The summed E-state index contributed by atoms with van der Waals surface area (Å²) < 4.78 is 32.3. The van der Waals surface area contributed by atoms with Gasteiger partial charge in [0, 0.05) is 18.7 Å². The largest absolute Gasteiger partial charge is 0.496 e. The van der Waals surface area contributed by atoms with Gasteiger partial charge < -0.3 is 9.64 Å². The van der Waals surface area contributed by atoms with Gasteiger partial charge in [0.05, 0.1) is 17.6 Å². The molecule has 2 amide bonds. The van der Waals surface area contributed by atoms with Crippen LogP contribution in [0.2, 0.25) is 0 Å². The van der Waals surface area contributed by atoms with Crippen molar-refractivity contribution in [2.45, 2.75) is 24.7 Å². The quantitative estimate of drug-likeness (QED) is 0.829. The van der Waals surface area contributed by atoms with Crippen LogP contribution in [0.3, 0.4) is 0 Å². The molecule has 28 heavy (non-hydrogen) atoms. The lowest BCUT2D eigenvalue weighted by atomic mass is 10.1. The summed E-state index contributed by atoms with van der Waals surface area (Å²) in [6.45, 7) is 3.22. The van der Waals surface area contributed by atoms with E-state index in [0.717, 1.165) is 18.4 Å². The molecule has 7 nitrogen and oxygen atoms in total. The lowest BCUT2D eigenvalue weighted by molar-refractivity contribution is 0.0792. The Morgan fingerprint density at radius 2 is 1.68 bits per heavy atom. The van der Waals surface area contributed by atoms with Crippen molar-refractivity contribution in [2.75, 3.05) is 20.2 Å². The predicted octanol–water partition coefficient (Wildman–Crippen LogP) is 2.36. The number of carbonyl (C=O) groups is 2. The lowest BCUT2D eigenvalue weighted by Crippen LogP contribution is -2.31. The number of carbonyl (C=O) groups excluding carboxylic acids is 2. The highest BCUT2D eigenvalue weighted by Crippen LogP contribution is 2.21. The number of rotatable bonds is 5. The molecule has 0 spiro atoms. The van der Waals surface area contributed by atoms with Gasteiger partial charge in [-0.25, -0.2) is 13.1 Å². The number of hydrogen-bond donors (Lipinski definition) is 1. The van der Waals surface area contributed by atoms with Crippen LogP contribution >= 0.6 is 0 Å². The monoisotopic (exact) mass is 402 g/mol. The molecule has 0 aliphatic carbocycles. The van der Waals surface area contributed by atoms with Crippen LogP contribution in [0.1, 0.15) is 39.1 Å². The average molecular weight is 402 g/mol. The molecular weight excluding hydrogens is 380 g/mol. The van der Waals surface area contributed by atoms with E-state index in [4.69, 9.17) is 4.74 Å². The Morgan fingerprint density at radius 1 is 1.04 bits per heavy atom. The zero-order chi connectivity index (χ0) is 20.3. The van der Waals surface area contributed by atoms with Crippen LogP contribution < -0.4 is 9.46 Å². The Hall–Kier alpha value is -2.87. The number of nitrogens with one attached hydrogen (secondary N) is 1. The summed E-state index contributed by atoms with van der Waals surface area (Å²) in [5, 5.41) is 0. The zero-order valence-corrected chi connectivity index (χ0v) is 16.6. The maximum Gasteiger partial charge on any atom is 0.268 e. The van der Waals surface area contributed by atoms with E-state index in [0.29, 0.717) is 18.7 Å². The maximum absolute atomic E-state index is 12.6. The molecule has 1 aliphatic rings. The first-order chi connectivity index (χ1) is 13.3. The third-order valence-electron chi connectivity index (χ3n) is 4.63. The molecule has 8 heteroatoms. The van der Waals surface area contributed by atoms with E-state index in [1.807, 2.05) is 0 Å². The normalized spacial score (nSPS) is 14.0. The highest BCUT2D eigenvalue weighted by atomic mass is 32.2. The summed E-state index contributed by atoms with van der Waals surface area (Å²) in [5.41, 5.74) is 1.35. The summed E-state index contributed by atoms with van der Waals surface area (Å²) in [5.74, 6) is -0.613. The zero-order valence-electron chi connectivity index (χ0n) is 15.8. The molecular formula is C20H22N2O5S. The molecule has 2 aromatic rings. The molecule has 0 bridgehead atoms. The van der Waals surface area contributed by atoms with E-state index >= 15 is 0 Å². The molecule has 1 fully saturated rings. The number of methoxy groups -OCH3 is 1. The molecule has 0 saturated carbocycles. The lowest BCUT2D eigenvalue weighted by Gasteiger charge is -2.15. The molecule has 1 saturated heterocycles. The highest BCUT2D eigenvalue weighted by Gasteiger charge is 2.23. The third kappa shape index (κ3) is 4.17. The molecule has 1 N–H and O–H groups in total. The van der Waals surface area contributed by atoms with Crippen LogP contribution in [0, 0.1) is 6.92 Å². The summed E-state index contributed by atoms with van der Waals surface area (Å²) in [6, 6.07) is 10.5. The average Bonchev–Trinajstić information content (AvgIpc) is 3.22. The minimum atomic E-state index is -4.09. The van der Waals surface area contributed by atoms with Crippen molar-refractivity contribution in [2.24, 2.45) is 0 Å². The van der Waals surface area contributed by atoms with E-state index in [1.165, 1.54) is 31.4 Å². The fraction of sp³-hybridized carbons (Fsp3) is 0.300. The first-order valence-electron chi connectivity index (χ1n) is 8.93. The topological polar surface area (TPSA) is 92.8 Å². The van der Waals surface area contributed by atoms with Crippen molar-refractivity contribution in [3.63, 3.8) is 0 Å². The number of ether oxygens (including phenoxy) is 1. The summed E-state index contributed by atoms with van der Waals surface area (Å²) in [7, 11) is -2.68. The fourth-order valence-electron chi connectivity index (χ4n) is 3.11. The number of hydrogen-bond acceptors (Lipinski definition) is 5. The van der Waals surface area contributed by atoms with Gasteiger partial charge in [0.25, 0.3) is 21.8 Å². The van der Waals surface area contributed by atoms with Gasteiger partial charge in [-0.15, -0.1) is 0 Å². The fourth-order valence-corrected chi connectivity index (χ4v) is 4.08. The summed E-state index contributed by atoms with van der Waals surface area (Å²) in [6.07, 6.45) is 1.96. The SMILES string of the molecule is COc1ccc(C)cc1C(=O)NS(=O)(=O)c1ccc(C(=O)N2CCCC2)cc1. The second-order valence-corrected chi connectivity index (χ2v) is 8.34. The van der Waals surface area contributed by atoms with Crippen molar-refractivity contribution in [3.8, 4) is 5.75 Å². The highest BCUT2D eigenvalue weighted by molar-refractivity contribution is 7.90. The molecule has 148 valence electrons. The Morgan fingerprint density at radius 3 is 2.29 bits per heavy atom. The number of aryl methyl sites for hydroxylation is 1. The molecule has 0 radical (unpaired) electrons. The van der Waals surface area contributed by atoms with E-state index in [2.05, 4.69) is 4.72 Å². The smallest absolute Gasteiger partial charge is 0.268 e. The minimum absolute atomic E-state index is 0.0922. The first kappa shape index (κ1) is 19.9. The van der Waals surface area contributed by atoms with Crippen LogP contribution in [-0.2, 0) is 10.0 Å². The second kappa shape index (κ2) is 8.02. The van der Waals surface area contributed by atoms with Crippen molar-refractivity contribution in [1.82, 2.24) is 9.62 Å². The van der Waals surface area contributed by atoms with Crippen molar-refractivity contribution in [3.05, 3.63) is 59.2 Å². The predicted molar refractivity (Wildman–Crippen MR) is 104 cm³/mol. The summed E-state index contributed by atoms with van der Waals surface area (Å²) >= 11 is 0. The number of amides is 2. The van der Waals surface area contributed by atoms with Gasteiger partial charge in [0.15, 0.2) is 0 Å². The van der Waals surface area contributed by atoms with Gasteiger partial charge in [-0.05, 0) is 56.2 Å². The van der Waals surface area contributed by atoms with Gasteiger partial charge in [-0.1, -0.05) is 11.6 Å². The van der Waals surface area contributed by atoms with E-state index < -0.39 is 15.9 Å². The van der Waals surface area contributed by atoms with Crippen molar-refractivity contribution < 1.29 is 22.7 Å². The number of likely N-dealkylation sites (tertiary alicyclic amines) is 1. The Labute approximate surface area is 164 Å². The van der Waals surface area contributed by atoms with Gasteiger partial charge in [-0.3, -0.25) is 9.59 Å². The maximum atomic E-state index is 12.6. The number of benzene rings is 2. The van der Waals surface area contributed by atoms with Gasteiger partial charge in [0.1, 0.15) is 5.75 Å². The molecule has 0 atom stereocenters. The first-order valence-corrected chi connectivity index (χ1v) is 10.4. The molecule has 2 aromatic carbocycles. The standard InChI is InChI=1S/C20H22N2O5S/c1-14-5-10-18(27-2)17(13-14)19(23)21-28(25,26)16-8-6-15(7-9-16)20(24)22-11-3-4-12-22/h5-10,13H,3-4,11-12H2,1-2H3,(H,21,23). The van der Waals surface area contributed by atoms with Crippen molar-refractivity contribution >= 4 is 21.8 Å². The van der Waals surface area contributed by atoms with E-state index in [1.54, 1.807) is 30.0 Å². The number of sulfonamides is 1. The molecule has 0 unspecified atom stereocenters. The Kier molecular flexibility index (Phi) is 5.69. The van der Waals surface area contributed by atoms with Crippen LogP contribution in [0.25, 0.3) is 0 Å². The molecule has 3 rings (SSSR count). The van der Waals surface area contributed by atoms with E-state index in [-0.39, 0.29) is 22.1 Å². The van der Waals surface area contributed by atoms with Crippen LogP contribution in [0.4, 0.5) is 0 Å². The van der Waals surface area contributed by atoms with Crippen molar-refractivity contribution in [1.29, 1.82) is 0 Å². The van der Waals surface area contributed by atoms with Gasteiger partial charge in [-0.2, -0.15) is 0 Å².